The maximum absolute atomic E-state index is 5.45. The largest absolute Gasteiger partial charge is 0.467 e. The summed E-state index contributed by atoms with van der Waals surface area (Å²) in [5.74, 6) is 0.943. The summed E-state index contributed by atoms with van der Waals surface area (Å²) >= 11 is 1.66. The van der Waals surface area contributed by atoms with Gasteiger partial charge in [-0.3, -0.25) is 0 Å². The average Bonchev–Trinajstić information content (AvgIpc) is 3.03. The van der Waals surface area contributed by atoms with Gasteiger partial charge in [0.1, 0.15) is 5.76 Å². The molecule has 2 heterocycles. The van der Waals surface area contributed by atoms with Crippen LogP contribution in [-0.2, 0) is 6.54 Å². The summed E-state index contributed by atoms with van der Waals surface area (Å²) in [6.07, 6.45) is 1.71. The summed E-state index contributed by atoms with van der Waals surface area (Å²) in [7, 11) is 0. The molecule has 0 unspecified atom stereocenters. The fourth-order valence-corrected chi connectivity index (χ4v) is 3.28. The first-order valence-electron chi connectivity index (χ1n) is 6.92. The first-order valence-corrected chi connectivity index (χ1v) is 7.80. The van der Waals surface area contributed by atoms with Crippen molar-refractivity contribution >= 4 is 17.0 Å². The Labute approximate surface area is 128 Å². The lowest BCUT2D eigenvalue weighted by atomic mass is 10.1. The van der Waals surface area contributed by atoms with Crippen LogP contribution in [0.3, 0.4) is 0 Å². The van der Waals surface area contributed by atoms with Gasteiger partial charge in [-0.1, -0.05) is 6.07 Å². The molecular formula is C17H18N2OS. The Kier molecular flexibility index (Phi) is 3.80. The van der Waals surface area contributed by atoms with E-state index < -0.39 is 0 Å². The number of aryl methyl sites for hydroxylation is 3. The van der Waals surface area contributed by atoms with E-state index in [1.807, 2.05) is 12.1 Å². The van der Waals surface area contributed by atoms with Gasteiger partial charge >= 0.3 is 0 Å². The molecule has 108 valence electrons. The number of hydrogen-bond donors (Lipinski definition) is 0. The van der Waals surface area contributed by atoms with E-state index in [1.165, 1.54) is 16.8 Å². The molecule has 3 rings (SSSR count). The van der Waals surface area contributed by atoms with Crippen LogP contribution < -0.4 is 4.80 Å². The minimum absolute atomic E-state index is 0.714. The zero-order valence-corrected chi connectivity index (χ0v) is 13.3. The van der Waals surface area contributed by atoms with Crippen LogP contribution in [0.1, 0.15) is 22.6 Å². The highest BCUT2D eigenvalue weighted by atomic mass is 32.1. The van der Waals surface area contributed by atoms with E-state index in [0.717, 1.165) is 16.2 Å². The van der Waals surface area contributed by atoms with E-state index in [0.29, 0.717) is 6.54 Å². The number of aromatic nitrogens is 1. The van der Waals surface area contributed by atoms with Crippen molar-refractivity contribution in [2.45, 2.75) is 27.3 Å². The quantitative estimate of drug-likeness (QED) is 0.707. The maximum atomic E-state index is 5.45. The number of furan rings is 1. The third-order valence-electron chi connectivity index (χ3n) is 3.32. The number of nitrogens with zero attached hydrogens (tertiary/aromatic N) is 2. The molecule has 0 aliphatic heterocycles. The number of benzene rings is 1. The molecule has 0 bridgehead atoms. The van der Waals surface area contributed by atoms with Gasteiger partial charge in [0, 0.05) is 11.1 Å². The van der Waals surface area contributed by atoms with E-state index in [4.69, 9.17) is 9.41 Å². The Balaban J connectivity index is 2.04. The van der Waals surface area contributed by atoms with Gasteiger partial charge in [-0.05, 0) is 56.2 Å². The Morgan fingerprint density at radius 3 is 2.57 bits per heavy atom. The highest BCUT2D eigenvalue weighted by molar-refractivity contribution is 7.07. The van der Waals surface area contributed by atoms with Crippen LogP contribution in [0.2, 0.25) is 0 Å². The number of rotatable bonds is 3. The molecule has 21 heavy (non-hydrogen) atoms. The third kappa shape index (κ3) is 3.16. The van der Waals surface area contributed by atoms with Crippen molar-refractivity contribution in [3.8, 4) is 0 Å². The molecule has 3 aromatic rings. The molecule has 1 aromatic carbocycles. The summed E-state index contributed by atoms with van der Waals surface area (Å²) in [5, 5.41) is 2.13. The third-order valence-corrected chi connectivity index (χ3v) is 4.30. The van der Waals surface area contributed by atoms with Gasteiger partial charge in [-0.2, -0.15) is 0 Å². The molecule has 0 radical (unpaired) electrons. The smallest absolute Gasteiger partial charge is 0.190 e. The molecule has 0 amide bonds. The van der Waals surface area contributed by atoms with Crippen LogP contribution in [0.25, 0.3) is 0 Å². The van der Waals surface area contributed by atoms with Crippen LogP contribution in [0.4, 0.5) is 5.69 Å². The second kappa shape index (κ2) is 5.74. The van der Waals surface area contributed by atoms with Crippen molar-refractivity contribution in [3.63, 3.8) is 0 Å². The predicted octanol–water partition coefficient (Wildman–Crippen LogP) is 4.35. The van der Waals surface area contributed by atoms with Crippen LogP contribution in [0, 0.1) is 20.8 Å². The Morgan fingerprint density at radius 2 is 1.90 bits per heavy atom. The van der Waals surface area contributed by atoms with Crippen molar-refractivity contribution in [1.82, 2.24) is 4.57 Å². The van der Waals surface area contributed by atoms with Crippen LogP contribution in [0.5, 0.6) is 0 Å². The lowest BCUT2D eigenvalue weighted by Gasteiger charge is -2.04. The standard InChI is InChI=1S/C17H18N2OS/c1-12-7-13(2)9-15(8-12)18-17-19(14(3)11-21-17)10-16-5-4-6-20-16/h4-9,11H,10H2,1-3H3. The molecule has 0 atom stereocenters. The van der Waals surface area contributed by atoms with E-state index in [9.17, 15) is 0 Å². The molecule has 0 fully saturated rings. The first kappa shape index (κ1) is 13.9. The lowest BCUT2D eigenvalue weighted by molar-refractivity contribution is 0.488. The van der Waals surface area contributed by atoms with Crippen molar-refractivity contribution in [2.24, 2.45) is 4.99 Å². The molecule has 2 aromatic heterocycles. The highest BCUT2D eigenvalue weighted by Gasteiger charge is 2.05. The molecule has 0 aliphatic carbocycles. The van der Waals surface area contributed by atoms with Gasteiger partial charge in [0.25, 0.3) is 0 Å². The minimum atomic E-state index is 0.714. The zero-order valence-electron chi connectivity index (χ0n) is 12.5. The fraction of sp³-hybridized carbons (Fsp3) is 0.235. The van der Waals surface area contributed by atoms with Gasteiger partial charge in [0.05, 0.1) is 18.5 Å². The molecule has 0 saturated heterocycles. The molecule has 0 saturated carbocycles. The highest BCUT2D eigenvalue weighted by Crippen LogP contribution is 2.17. The van der Waals surface area contributed by atoms with Gasteiger partial charge in [-0.25, -0.2) is 4.99 Å². The van der Waals surface area contributed by atoms with Gasteiger partial charge in [0.2, 0.25) is 0 Å². The summed E-state index contributed by atoms with van der Waals surface area (Å²) in [6, 6.07) is 10.3. The second-order valence-corrected chi connectivity index (χ2v) is 6.12. The van der Waals surface area contributed by atoms with E-state index >= 15 is 0 Å². The molecule has 0 spiro atoms. The topological polar surface area (TPSA) is 30.4 Å². The van der Waals surface area contributed by atoms with Crippen molar-refractivity contribution in [1.29, 1.82) is 0 Å². The van der Waals surface area contributed by atoms with Crippen LogP contribution in [-0.4, -0.2) is 4.57 Å². The maximum Gasteiger partial charge on any atom is 0.190 e. The van der Waals surface area contributed by atoms with E-state index in [1.54, 1.807) is 17.6 Å². The zero-order chi connectivity index (χ0) is 14.8. The van der Waals surface area contributed by atoms with Crippen molar-refractivity contribution in [2.75, 3.05) is 0 Å². The minimum Gasteiger partial charge on any atom is -0.467 e. The van der Waals surface area contributed by atoms with Crippen molar-refractivity contribution < 1.29 is 4.42 Å². The van der Waals surface area contributed by atoms with Crippen LogP contribution in [0.15, 0.2) is 51.4 Å². The normalized spacial score (nSPS) is 12.0. The van der Waals surface area contributed by atoms with Gasteiger partial charge < -0.3 is 8.98 Å². The monoisotopic (exact) mass is 298 g/mol. The summed E-state index contributed by atoms with van der Waals surface area (Å²) in [5.41, 5.74) is 4.67. The molecule has 3 nitrogen and oxygen atoms in total. The molecule has 4 heteroatoms. The first-order chi connectivity index (χ1) is 10.1. The van der Waals surface area contributed by atoms with Crippen LogP contribution >= 0.6 is 11.3 Å². The van der Waals surface area contributed by atoms with E-state index in [2.05, 4.69) is 48.9 Å². The summed E-state index contributed by atoms with van der Waals surface area (Å²) in [6.45, 7) is 7.01. The summed E-state index contributed by atoms with van der Waals surface area (Å²) in [4.78, 5) is 5.80. The molecule has 0 aliphatic rings. The lowest BCUT2D eigenvalue weighted by Crippen LogP contribution is -2.16. The summed E-state index contributed by atoms with van der Waals surface area (Å²) < 4.78 is 7.63. The molecule has 0 N–H and O–H groups in total. The Morgan fingerprint density at radius 1 is 1.14 bits per heavy atom. The predicted molar refractivity (Wildman–Crippen MR) is 86.0 cm³/mol. The van der Waals surface area contributed by atoms with Crippen molar-refractivity contribution in [3.05, 3.63) is 69.4 Å². The number of hydrogen-bond acceptors (Lipinski definition) is 3. The Hall–Kier alpha value is -2.07. The Bertz CT molecular complexity index is 789. The number of thiazole rings is 1. The van der Waals surface area contributed by atoms with Gasteiger partial charge in [-0.15, -0.1) is 11.3 Å². The van der Waals surface area contributed by atoms with E-state index in [-0.39, 0.29) is 0 Å². The SMILES string of the molecule is Cc1cc(C)cc(N=c2scc(C)n2Cc2ccco2)c1. The van der Waals surface area contributed by atoms with Gasteiger partial charge in [0.15, 0.2) is 4.80 Å². The molecular weight excluding hydrogens is 280 g/mol. The second-order valence-electron chi connectivity index (χ2n) is 5.28. The fourth-order valence-electron chi connectivity index (χ4n) is 2.38. The average molecular weight is 298 g/mol.